The third kappa shape index (κ3) is 30.5. The van der Waals surface area contributed by atoms with Crippen molar-refractivity contribution in [3.05, 3.63) is 0 Å². The van der Waals surface area contributed by atoms with Crippen molar-refractivity contribution >= 4 is 0 Å². The molecule has 0 fully saturated rings. The van der Waals surface area contributed by atoms with Crippen molar-refractivity contribution in [3.8, 4) is 0 Å². The minimum atomic E-state index is 0.950. The van der Waals surface area contributed by atoms with Gasteiger partial charge in [0.1, 0.15) is 0 Å². The summed E-state index contributed by atoms with van der Waals surface area (Å²) in [5, 5.41) is 0. The molecule has 0 heteroatoms. The van der Waals surface area contributed by atoms with Crippen LogP contribution in [0.2, 0.25) is 0 Å². The van der Waals surface area contributed by atoms with E-state index in [-0.39, 0.29) is 0 Å². The predicted octanol–water partition coefficient (Wildman–Crippen LogP) is 14.6. The Bertz CT molecular complexity index is 412. The topological polar surface area (TPSA) is 0 Å². The van der Waals surface area contributed by atoms with Gasteiger partial charge in [0.05, 0.1) is 0 Å². The highest BCUT2D eigenvalue weighted by molar-refractivity contribution is 4.60. The molecule has 0 radical (unpaired) electrons. The van der Waals surface area contributed by atoms with Gasteiger partial charge in [-0.25, -0.2) is 0 Å². The second kappa shape index (κ2) is 31.5. The van der Waals surface area contributed by atoms with E-state index >= 15 is 0 Å². The maximum atomic E-state index is 2.51. The first-order valence-corrected chi connectivity index (χ1v) is 18.6. The molecular formula is C38H78. The van der Waals surface area contributed by atoms with Crippen molar-refractivity contribution in [1.29, 1.82) is 0 Å². The molecule has 0 heterocycles. The summed E-state index contributed by atoms with van der Waals surface area (Å²) in [6, 6.07) is 0. The summed E-state index contributed by atoms with van der Waals surface area (Å²) >= 11 is 0. The van der Waals surface area contributed by atoms with Crippen LogP contribution in [-0.4, -0.2) is 0 Å². The van der Waals surface area contributed by atoms with Crippen LogP contribution in [0.4, 0.5) is 0 Å². The molecule has 230 valence electrons. The van der Waals surface area contributed by atoms with Crippen molar-refractivity contribution in [2.24, 2.45) is 17.8 Å². The monoisotopic (exact) mass is 535 g/mol. The quantitative estimate of drug-likeness (QED) is 0.0752. The van der Waals surface area contributed by atoms with Crippen LogP contribution in [0.1, 0.15) is 227 Å². The van der Waals surface area contributed by atoms with Crippen LogP contribution in [0.25, 0.3) is 0 Å². The van der Waals surface area contributed by atoms with Gasteiger partial charge in [-0.2, -0.15) is 0 Å². The van der Waals surface area contributed by atoms with E-state index in [0.717, 1.165) is 17.8 Å². The lowest BCUT2D eigenvalue weighted by Gasteiger charge is -2.14. The Morgan fingerprint density at radius 3 is 0.658 bits per heavy atom. The van der Waals surface area contributed by atoms with Gasteiger partial charge in [0, 0.05) is 0 Å². The van der Waals surface area contributed by atoms with Crippen LogP contribution >= 0.6 is 0 Å². The van der Waals surface area contributed by atoms with E-state index in [9.17, 15) is 0 Å². The van der Waals surface area contributed by atoms with Gasteiger partial charge >= 0.3 is 0 Å². The Hall–Kier alpha value is 0. The van der Waals surface area contributed by atoms with Gasteiger partial charge < -0.3 is 0 Å². The summed E-state index contributed by atoms with van der Waals surface area (Å²) in [7, 11) is 0. The molecule has 3 atom stereocenters. The van der Waals surface area contributed by atoms with Crippen LogP contribution in [0, 0.1) is 17.8 Å². The molecule has 0 aliphatic heterocycles. The Morgan fingerprint density at radius 1 is 0.237 bits per heavy atom. The highest BCUT2D eigenvalue weighted by Gasteiger charge is 2.07. The normalized spacial score (nSPS) is 14.1. The van der Waals surface area contributed by atoms with Crippen molar-refractivity contribution < 1.29 is 0 Å². The maximum absolute atomic E-state index is 2.51. The molecule has 0 aromatic rings. The molecule has 0 aliphatic rings. The molecule has 3 unspecified atom stereocenters. The summed E-state index contributed by atoms with van der Waals surface area (Å²) in [5.74, 6) is 2.86. The molecule has 0 spiro atoms. The summed E-state index contributed by atoms with van der Waals surface area (Å²) in [5.41, 5.74) is 0. The van der Waals surface area contributed by atoms with Gasteiger partial charge in [-0.05, 0) is 17.8 Å². The van der Waals surface area contributed by atoms with E-state index in [1.54, 1.807) is 0 Å². The second-order valence-electron chi connectivity index (χ2n) is 13.8. The standard InChI is InChI=1S/C38H78/c1-6-8-10-12-14-16-17-19-22-26-32-37(4)34-29-35-38(5)33-28-24-20-23-27-31-36(3)30-25-21-18-15-13-11-9-7-2/h36-38H,6-35H2,1-5H3. The van der Waals surface area contributed by atoms with Crippen molar-refractivity contribution in [2.45, 2.75) is 227 Å². The van der Waals surface area contributed by atoms with Crippen molar-refractivity contribution in [3.63, 3.8) is 0 Å². The largest absolute Gasteiger partial charge is 0.0654 e. The lowest BCUT2D eigenvalue weighted by molar-refractivity contribution is 0.389. The van der Waals surface area contributed by atoms with Crippen LogP contribution < -0.4 is 0 Å². The van der Waals surface area contributed by atoms with E-state index in [2.05, 4.69) is 34.6 Å². The van der Waals surface area contributed by atoms with Gasteiger partial charge in [-0.3, -0.25) is 0 Å². The van der Waals surface area contributed by atoms with Gasteiger partial charge in [0.15, 0.2) is 0 Å². The van der Waals surface area contributed by atoms with Crippen LogP contribution in [0.15, 0.2) is 0 Å². The molecule has 0 rings (SSSR count). The Kier molecular flexibility index (Phi) is 31.5. The maximum Gasteiger partial charge on any atom is -0.0443 e. The first kappa shape index (κ1) is 38.0. The first-order valence-electron chi connectivity index (χ1n) is 18.6. The number of hydrogen-bond donors (Lipinski definition) is 0. The van der Waals surface area contributed by atoms with Gasteiger partial charge in [-0.15, -0.1) is 0 Å². The molecule has 0 aromatic carbocycles. The Morgan fingerprint density at radius 2 is 0.421 bits per heavy atom. The van der Waals surface area contributed by atoms with Crippen molar-refractivity contribution in [1.82, 2.24) is 0 Å². The third-order valence-electron chi connectivity index (χ3n) is 9.39. The molecule has 0 aromatic heterocycles. The zero-order valence-corrected chi connectivity index (χ0v) is 27.9. The van der Waals surface area contributed by atoms with Gasteiger partial charge in [0.25, 0.3) is 0 Å². The fourth-order valence-electron chi connectivity index (χ4n) is 6.37. The van der Waals surface area contributed by atoms with Gasteiger partial charge in [0.2, 0.25) is 0 Å². The van der Waals surface area contributed by atoms with E-state index in [4.69, 9.17) is 0 Å². The van der Waals surface area contributed by atoms with Crippen LogP contribution in [0.5, 0.6) is 0 Å². The van der Waals surface area contributed by atoms with Crippen LogP contribution in [-0.2, 0) is 0 Å². The van der Waals surface area contributed by atoms with E-state index < -0.39 is 0 Å². The molecule has 0 nitrogen and oxygen atoms in total. The molecule has 0 aliphatic carbocycles. The van der Waals surface area contributed by atoms with E-state index in [1.165, 1.54) is 193 Å². The van der Waals surface area contributed by atoms with Gasteiger partial charge in [-0.1, -0.05) is 227 Å². The fourth-order valence-corrected chi connectivity index (χ4v) is 6.37. The molecule has 0 N–H and O–H groups in total. The lowest BCUT2D eigenvalue weighted by Crippen LogP contribution is -1.99. The summed E-state index contributed by atoms with van der Waals surface area (Å²) in [6.45, 7) is 12.1. The highest BCUT2D eigenvalue weighted by Crippen LogP contribution is 2.23. The number of rotatable bonds is 32. The molecule has 0 saturated carbocycles. The minimum absolute atomic E-state index is 0.950. The van der Waals surface area contributed by atoms with E-state index in [0.29, 0.717) is 0 Å². The number of unbranched alkanes of at least 4 members (excludes halogenated alkanes) is 20. The second-order valence-corrected chi connectivity index (χ2v) is 13.8. The predicted molar refractivity (Wildman–Crippen MR) is 177 cm³/mol. The lowest BCUT2D eigenvalue weighted by atomic mass is 9.92. The smallest absolute Gasteiger partial charge is 0.0443 e. The SMILES string of the molecule is CCCCCCCCCCCCC(C)CCCC(C)CCCCCCCC(C)CCCCCCCCCC. The highest BCUT2D eigenvalue weighted by atomic mass is 14.1. The summed E-state index contributed by atoms with van der Waals surface area (Å²) < 4.78 is 0. The summed E-state index contributed by atoms with van der Waals surface area (Å²) in [6.07, 6.45) is 44.0. The molecule has 0 amide bonds. The Labute approximate surface area is 244 Å². The molecule has 38 heavy (non-hydrogen) atoms. The Balaban J connectivity index is 3.35. The molecule has 0 bridgehead atoms. The molecular weight excluding hydrogens is 456 g/mol. The number of hydrogen-bond acceptors (Lipinski definition) is 0. The minimum Gasteiger partial charge on any atom is -0.0654 e. The average molecular weight is 535 g/mol. The van der Waals surface area contributed by atoms with E-state index in [1.807, 2.05) is 0 Å². The average Bonchev–Trinajstić information content (AvgIpc) is 2.90. The van der Waals surface area contributed by atoms with Crippen LogP contribution in [0.3, 0.4) is 0 Å². The fraction of sp³-hybridized carbons (Fsp3) is 1.00. The first-order chi connectivity index (χ1) is 18.6. The molecule has 0 saturated heterocycles. The van der Waals surface area contributed by atoms with Crippen molar-refractivity contribution in [2.75, 3.05) is 0 Å². The zero-order valence-electron chi connectivity index (χ0n) is 27.9. The summed E-state index contributed by atoms with van der Waals surface area (Å²) in [4.78, 5) is 0. The zero-order chi connectivity index (χ0) is 27.9. The third-order valence-corrected chi connectivity index (χ3v) is 9.39.